The number of amidine groups is 1. The van der Waals surface area contributed by atoms with Gasteiger partial charge in [0.15, 0.2) is 5.84 Å². The minimum atomic E-state index is -0.610. The van der Waals surface area contributed by atoms with Crippen LogP contribution in [0.2, 0.25) is 0 Å². The highest BCUT2D eigenvalue weighted by Gasteiger charge is 2.24. The van der Waals surface area contributed by atoms with E-state index in [1.54, 1.807) is 0 Å². The van der Waals surface area contributed by atoms with Gasteiger partial charge in [-0.3, -0.25) is 4.79 Å². The zero-order chi connectivity index (χ0) is 15.3. The molecule has 20 heavy (non-hydrogen) atoms. The molecule has 0 aliphatic heterocycles. The van der Waals surface area contributed by atoms with Crippen LogP contribution in [-0.4, -0.2) is 17.0 Å². The molecule has 2 atom stereocenters. The first-order valence-electron chi connectivity index (χ1n) is 6.75. The maximum Gasteiger partial charge on any atom is 0.231 e. The normalized spacial score (nSPS) is 14.9. The second kappa shape index (κ2) is 6.98. The predicted octanol–water partition coefficient (Wildman–Crippen LogP) is 2.24. The van der Waals surface area contributed by atoms with E-state index in [-0.39, 0.29) is 17.8 Å². The number of oxime groups is 1. The quantitative estimate of drug-likeness (QED) is 0.322. The van der Waals surface area contributed by atoms with Crippen molar-refractivity contribution in [2.75, 3.05) is 0 Å². The average molecular weight is 281 g/mol. The summed E-state index contributed by atoms with van der Waals surface area (Å²) in [5.41, 5.74) is 6.51. The molecule has 2 unspecified atom stereocenters. The first-order chi connectivity index (χ1) is 9.40. The van der Waals surface area contributed by atoms with Gasteiger partial charge in [0.2, 0.25) is 5.91 Å². The van der Waals surface area contributed by atoms with Crippen molar-refractivity contribution in [2.24, 2.45) is 16.8 Å². The van der Waals surface area contributed by atoms with Gasteiger partial charge in [0.25, 0.3) is 0 Å². The molecule has 0 bridgehead atoms. The Labute approximate surface area is 119 Å². The molecule has 0 saturated carbocycles. The van der Waals surface area contributed by atoms with E-state index in [1.165, 1.54) is 0 Å². The van der Waals surface area contributed by atoms with E-state index < -0.39 is 5.92 Å². The number of amides is 1. The van der Waals surface area contributed by atoms with Gasteiger partial charge >= 0.3 is 0 Å². The van der Waals surface area contributed by atoms with Crippen LogP contribution >= 0.6 is 0 Å². The Hall–Kier alpha value is -1.98. The van der Waals surface area contributed by atoms with Crippen molar-refractivity contribution in [3.63, 3.8) is 0 Å². The first kappa shape index (κ1) is 16.1. The summed E-state index contributed by atoms with van der Waals surface area (Å²) in [7, 11) is 0. The van der Waals surface area contributed by atoms with Crippen LogP contribution in [0.4, 0.5) is 0 Å². The molecule has 0 aliphatic rings. The van der Waals surface area contributed by atoms with Crippen LogP contribution in [0, 0.1) is 19.8 Å². The van der Waals surface area contributed by atoms with Crippen molar-refractivity contribution in [1.29, 1.82) is 0 Å². The van der Waals surface area contributed by atoms with Crippen LogP contribution in [0.25, 0.3) is 0 Å². The van der Waals surface area contributed by atoms with Gasteiger partial charge in [-0.1, -0.05) is 18.5 Å². The lowest BCUT2D eigenvalue weighted by Gasteiger charge is -2.18. The number of furan rings is 1. The lowest BCUT2D eigenvalue weighted by atomic mass is 10.0. The minimum Gasteiger partial charge on any atom is -0.466 e. The minimum absolute atomic E-state index is 0.0587. The molecule has 0 saturated heterocycles. The van der Waals surface area contributed by atoms with Crippen molar-refractivity contribution in [1.82, 2.24) is 5.32 Å². The molecule has 1 aromatic heterocycles. The van der Waals surface area contributed by atoms with Crippen LogP contribution in [0.1, 0.15) is 49.8 Å². The summed E-state index contributed by atoms with van der Waals surface area (Å²) in [5.74, 6) is 0.677. The van der Waals surface area contributed by atoms with Crippen LogP contribution in [0.3, 0.4) is 0 Å². The molecule has 0 radical (unpaired) electrons. The molecule has 112 valence electrons. The van der Waals surface area contributed by atoms with Crippen LogP contribution in [-0.2, 0) is 4.79 Å². The monoisotopic (exact) mass is 281 g/mol. The first-order valence-corrected chi connectivity index (χ1v) is 6.75. The molecular formula is C14H23N3O3. The van der Waals surface area contributed by atoms with Gasteiger partial charge in [-0.05, 0) is 33.3 Å². The number of hydrogen-bond donors (Lipinski definition) is 3. The van der Waals surface area contributed by atoms with Gasteiger partial charge < -0.3 is 20.7 Å². The third-order valence-corrected chi connectivity index (χ3v) is 3.27. The molecule has 1 rings (SSSR count). The maximum absolute atomic E-state index is 12.2. The van der Waals surface area contributed by atoms with Crippen LogP contribution in [0.15, 0.2) is 15.6 Å². The third-order valence-electron chi connectivity index (χ3n) is 3.27. The Morgan fingerprint density at radius 2 is 2.20 bits per heavy atom. The number of nitrogens with two attached hydrogens (primary N) is 1. The third kappa shape index (κ3) is 3.76. The van der Waals surface area contributed by atoms with E-state index in [2.05, 4.69) is 10.5 Å². The summed E-state index contributed by atoms with van der Waals surface area (Å²) in [6, 6.07) is 1.71. The maximum atomic E-state index is 12.2. The molecule has 0 aliphatic carbocycles. The molecular weight excluding hydrogens is 258 g/mol. The standard InChI is InChI=1S/C14H23N3O3/c1-5-6-11(13(15)17-19)14(18)16-9(3)12-7-8(2)20-10(12)4/h7,9,11,19H,5-6H2,1-4H3,(H2,15,17)(H,16,18). The topological polar surface area (TPSA) is 101 Å². The fraction of sp³-hybridized carbons (Fsp3) is 0.571. The molecule has 0 spiro atoms. The van der Waals surface area contributed by atoms with Gasteiger partial charge in [0, 0.05) is 5.56 Å². The molecule has 0 aromatic carbocycles. The molecule has 1 aromatic rings. The number of rotatable bonds is 6. The number of nitrogens with zero attached hydrogens (tertiary/aromatic N) is 1. The van der Waals surface area contributed by atoms with Crippen LogP contribution in [0.5, 0.6) is 0 Å². The van der Waals surface area contributed by atoms with E-state index in [1.807, 2.05) is 33.8 Å². The summed E-state index contributed by atoms with van der Waals surface area (Å²) >= 11 is 0. The summed E-state index contributed by atoms with van der Waals surface area (Å²) in [6.07, 6.45) is 1.31. The summed E-state index contributed by atoms with van der Waals surface area (Å²) in [6.45, 7) is 7.54. The van der Waals surface area contributed by atoms with Gasteiger partial charge in [0.05, 0.1) is 12.0 Å². The molecule has 4 N–H and O–H groups in total. The Kier molecular flexibility index (Phi) is 5.61. The van der Waals surface area contributed by atoms with Crippen LogP contribution < -0.4 is 11.1 Å². The largest absolute Gasteiger partial charge is 0.466 e. The van der Waals surface area contributed by atoms with E-state index in [9.17, 15) is 4.79 Å². The van der Waals surface area contributed by atoms with E-state index in [0.717, 1.165) is 23.5 Å². The number of carbonyl (C=O) groups excluding carboxylic acids is 1. The summed E-state index contributed by atoms with van der Waals surface area (Å²) in [5, 5.41) is 14.6. The van der Waals surface area contributed by atoms with Gasteiger partial charge in [-0.2, -0.15) is 0 Å². The zero-order valence-corrected chi connectivity index (χ0v) is 12.4. The lowest BCUT2D eigenvalue weighted by Crippen LogP contribution is -2.40. The highest BCUT2D eigenvalue weighted by atomic mass is 16.4. The fourth-order valence-corrected chi connectivity index (χ4v) is 2.24. The zero-order valence-electron chi connectivity index (χ0n) is 12.4. The van der Waals surface area contributed by atoms with Gasteiger partial charge in [-0.15, -0.1) is 0 Å². The second-order valence-corrected chi connectivity index (χ2v) is 4.96. The number of nitrogens with one attached hydrogen (secondary N) is 1. The van der Waals surface area contributed by atoms with Gasteiger partial charge in [-0.25, -0.2) is 0 Å². The Morgan fingerprint density at radius 3 is 2.65 bits per heavy atom. The smallest absolute Gasteiger partial charge is 0.231 e. The molecule has 6 nitrogen and oxygen atoms in total. The molecule has 1 amide bonds. The average Bonchev–Trinajstić information content (AvgIpc) is 2.74. The van der Waals surface area contributed by atoms with Crippen molar-refractivity contribution in [2.45, 2.75) is 46.6 Å². The van der Waals surface area contributed by atoms with Crippen molar-refractivity contribution in [3.05, 3.63) is 23.2 Å². The van der Waals surface area contributed by atoms with E-state index in [0.29, 0.717) is 6.42 Å². The molecule has 1 heterocycles. The van der Waals surface area contributed by atoms with E-state index >= 15 is 0 Å². The summed E-state index contributed by atoms with van der Waals surface area (Å²) < 4.78 is 5.45. The summed E-state index contributed by atoms with van der Waals surface area (Å²) in [4.78, 5) is 12.2. The second-order valence-electron chi connectivity index (χ2n) is 4.96. The highest BCUT2D eigenvalue weighted by Crippen LogP contribution is 2.21. The molecule has 6 heteroatoms. The Morgan fingerprint density at radius 1 is 1.55 bits per heavy atom. The fourth-order valence-electron chi connectivity index (χ4n) is 2.24. The SMILES string of the molecule is CCCC(C(=O)NC(C)c1cc(C)oc1C)C(N)=NO. The number of hydrogen-bond acceptors (Lipinski definition) is 4. The van der Waals surface area contributed by atoms with Crippen molar-refractivity contribution < 1.29 is 14.4 Å². The predicted molar refractivity (Wildman–Crippen MR) is 76.5 cm³/mol. The van der Waals surface area contributed by atoms with Crippen molar-refractivity contribution in [3.8, 4) is 0 Å². The van der Waals surface area contributed by atoms with Crippen molar-refractivity contribution >= 4 is 11.7 Å². The van der Waals surface area contributed by atoms with Gasteiger partial charge in [0.1, 0.15) is 11.5 Å². The van der Waals surface area contributed by atoms with E-state index in [4.69, 9.17) is 15.4 Å². The molecule has 0 fully saturated rings. The lowest BCUT2D eigenvalue weighted by molar-refractivity contribution is -0.123. The Balaban J connectivity index is 2.80. The number of aryl methyl sites for hydroxylation is 2. The highest BCUT2D eigenvalue weighted by molar-refractivity contribution is 6.02. The number of carbonyl (C=O) groups is 1. The Bertz CT molecular complexity index is 494.